The lowest BCUT2D eigenvalue weighted by Gasteiger charge is -2.11. The molecule has 20 heavy (non-hydrogen) atoms. The summed E-state index contributed by atoms with van der Waals surface area (Å²) in [4.78, 5) is 3.80. The lowest BCUT2D eigenvalue weighted by atomic mass is 10.2. The van der Waals surface area contributed by atoms with Crippen LogP contribution in [0.4, 0.5) is 26.1 Å². The molecule has 1 aromatic heterocycles. The Morgan fingerprint density at radius 3 is 2.70 bits per heavy atom. The predicted octanol–water partition coefficient (Wildman–Crippen LogP) is 3.27. The summed E-state index contributed by atoms with van der Waals surface area (Å²) in [5, 5.41) is 2.40. The summed E-state index contributed by atoms with van der Waals surface area (Å²) in [6, 6.07) is 5.37. The molecule has 7 heteroatoms. The maximum absolute atomic E-state index is 13.9. The third kappa shape index (κ3) is 2.65. The van der Waals surface area contributed by atoms with Gasteiger partial charge in [-0.15, -0.1) is 0 Å². The third-order valence-electron chi connectivity index (χ3n) is 2.56. The van der Waals surface area contributed by atoms with Crippen molar-refractivity contribution in [3.05, 3.63) is 53.1 Å². The molecule has 4 nitrogen and oxygen atoms in total. The number of nitrogens with zero attached hydrogens (tertiary/aromatic N) is 1. The fourth-order valence-electron chi connectivity index (χ4n) is 1.58. The summed E-state index contributed by atoms with van der Waals surface area (Å²) in [7, 11) is 0. The van der Waals surface area contributed by atoms with E-state index in [0.29, 0.717) is 0 Å². The predicted molar refractivity (Wildman–Crippen MR) is 76.5 cm³/mol. The molecule has 0 radical (unpaired) electrons. The van der Waals surface area contributed by atoms with Gasteiger partial charge >= 0.3 is 0 Å². The van der Waals surface area contributed by atoms with Gasteiger partial charge in [0.15, 0.2) is 17.5 Å². The molecule has 1 aromatic carbocycles. The standard InChI is InChI=1S/C13H11ClF2N4/c1-6(17)7-5-9(15)13(20-12(7)18)19-10-4-2-3-8(14)11(10)16/h2-5H,1,17H2,(H3,18,19,20). The highest BCUT2D eigenvalue weighted by atomic mass is 35.5. The second-order valence-corrected chi connectivity index (χ2v) is 4.41. The van der Waals surface area contributed by atoms with Crippen LogP contribution < -0.4 is 16.8 Å². The maximum Gasteiger partial charge on any atom is 0.169 e. The van der Waals surface area contributed by atoms with Crippen LogP contribution in [0, 0.1) is 11.6 Å². The highest BCUT2D eigenvalue weighted by Crippen LogP contribution is 2.27. The van der Waals surface area contributed by atoms with Gasteiger partial charge in [0.25, 0.3) is 0 Å². The summed E-state index contributed by atoms with van der Waals surface area (Å²) in [6.45, 7) is 3.46. The molecule has 0 bridgehead atoms. The number of benzene rings is 1. The van der Waals surface area contributed by atoms with Gasteiger partial charge in [0.2, 0.25) is 0 Å². The normalized spacial score (nSPS) is 10.3. The lowest BCUT2D eigenvalue weighted by molar-refractivity contribution is 0.621. The molecule has 0 saturated carbocycles. The van der Waals surface area contributed by atoms with Gasteiger partial charge in [-0.05, 0) is 18.2 Å². The van der Waals surface area contributed by atoms with Gasteiger partial charge in [-0.3, -0.25) is 0 Å². The molecule has 0 fully saturated rings. The molecular formula is C13H11ClF2N4. The first-order valence-corrected chi connectivity index (χ1v) is 5.89. The van der Waals surface area contributed by atoms with Crippen LogP contribution >= 0.6 is 11.6 Å². The largest absolute Gasteiger partial charge is 0.399 e. The van der Waals surface area contributed by atoms with Crippen LogP contribution in [0.1, 0.15) is 5.56 Å². The zero-order chi connectivity index (χ0) is 14.9. The van der Waals surface area contributed by atoms with E-state index in [1.807, 2.05) is 0 Å². The lowest BCUT2D eigenvalue weighted by Crippen LogP contribution is -2.07. The molecular weight excluding hydrogens is 286 g/mol. The van der Waals surface area contributed by atoms with Crippen LogP contribution in [0.3, 0.4) is 0 Å². The van der Waals surface area contributed by atoms with E-state index < -0.39 is 11.6 Å². The summed E-state index contributed by atoms with van der Waals surface area (Å²) in [5.41, 5.74) is 11.4. The van der Waals surface area contributed by atoms with Crippen LogP contribution in [-0.4, -0.2) is 4.98 Å². The first-order valence-electron chi connectivity index (χ1n) is 5.52. The minimum Gasteiger partial charge on any atom is -0.399 e. The molecule has 0 unspecified atom stereocenters. The van der Waals surface area contributed by atoms with Gasteiger partial charge in [0, 0.05) is 11.3 Å². The second-order valence-electron chi connectivity index (χ2n) is 4.00. The van der Waals surface area contributed by atoms with Crippen molar-refractivity contribution in [3.63, 3.8) is 0 Å². The zero-order valence-electron chi connectivity index (χ0n) is 10.3. The Labute approximate surface area is 119 Å². The van der Waals surface area contributed by atoms with Crippen molar-refractivity contribution < 1.29 is 8.78 Å². The third-order valence-corrected chi connectivity index (χ3v) is 2.85. The Hall–Kier alpha value is -2.34. The molecule has 2 rings (SSSR count). The van der Waals surface area contributed by atoms with Crippen molar-refractivity contribution >= 4 is 34.6 Å². The molecule has 1 heterocycles. The number of pyridine rings is 1. The summed E-state index contributed by atoms with van der Waals surface area (Å²) >= 11 is 5.64. The monoisotopic (exact) mass is 296 g/mol. The van der Waals surface area contributed by atoms with Crippen LogP contribution in [0.15, 0.2) is 30.8 Å². The summed E-state index contributed by atoms with van der Waals surface area (Å²) < 4.78 is 27.6. The molecule has 0 spiro atoms. The first kappa shape index (κ1) is 14.1. The molecule has 0 aliphatic heterocycles. The molecule has 0 amide bonds. The number of anilines is 3. The SMILES string of the molecule is C=C(N)c1cc(F)c(Nc2cccc(Cl)c2F)nc1N. The zero-order valence-corrected chi connectivity index (χ0v) is 11.0. The van der Waals surface area contributed by atoms with Crippen molar-refractivity contribution in [1.29, 1.82) is 0 Å². The van der Waals surface area contributed by atoms with Crippen molar-refractivity contribution in [3.8, 4) is 0 Å². The fraction of sp³-hybridized carbons (Fsp3) is 0. The Kier molecular flexibility index (Phi) is 3.76. The average Bonchev–Trinajstić information content (AvgIpc) is 2.38. The topological polar surface area (TPSA) is 77.0 Å². The summed E-state index contributed by atoms with van der Waals surface area (Å²) in [6.07, 6.45) is 0. The maximum atomic E-state index is 13.9. The van der Waals surface area contributed by atoms with Gasteiger partial charge in [-0.25, -0.2) is 13.8 Å². The number of rotatable bonds is 3. The van der Waals surface area contributed by atoms with Gasteiger partial charge < -0.3 is 16.8 Å². The van der Waals surface area contributed by atoms with Crippen molar-refractivity contribution in [1.82, 2.24) is 4.98 Å². The number of nitrogen functional groups attached to an aromatic ring is 1. The molecule has 104 valence electrons. The number of hydrogen-bond donors (Lipinski definition) is 3. The Morgan fingerprint density at radius 1 is 1.35 bits per heavy atom. The summed E-state index contributed by atoms with van der Waals surface area (Å²) in [5.74, 6) is -1.68. The van der Waals surface area contributed by atoms with E-state index in [1.54, 1.807) is 0 Å². The molecule has 0 saturated heterocycles. The minimum atomic E-state index is -0.736. The number of halogens is 3. The second kappa shape index (κ2) is 5.34. The van der Waals surface area contributed by atoms with Crippen LogP contribution in [0.5, 0.6) is 0 Å². The Balaban J connectivity index is 2.42. The van der Waals surface area contributed by atoms with Crippen molar-refractivity contribution in [2.45, 2.75) is 0 Å². The fourth-order valence-corrected chi connectivity index (χ4v) is 1.75. The van der Waals surface area contributed by atoms with Gasteiger partial charge in [-0.1, -0.05) is 24.2 Å². The molecule has 0 aliphatic carbocycles. The molecule has 0 atom stereocenters. The van der Waals surface area contributed by atoms with E-state index in [-0.39, 0.29) is 33.6 Å². The Morgan fingerprint density at radius 2 is 2.05 bits per heavy atom. The number of nitrogens with one attached hydrogen (secondary N) is 1. The Bertz CT molecular complexity index is 688. The van der Waals surface area contributed by atoms with Gasteiger partial charge in [0.05, 0.1) is 10.7 Å². The van der Waals surface area contributed by atoms with Crippen LogP contribution in [-0.2, 0) is 0 Å². The van der Waals surface area contributed by atoms with Crippen LogP contribution in [0.25, 0.3) is 5.70 Å². The molecule has 5 N–H and O–H groups in total. The molecule has 2 aromatic rings. The van der Waals surface area contributed by atoms with Gasteiger partial charge in [0.1, 0.15) is 5.82 Å². The van der Waals surface area contributed by atoms with Gasteiger partial charge in [-0.2, -0.15) is 0 Å². The van der Waals surface area contributed by atoms with E-state index in [4.69, 9.17) is 23.1 Å². The quantitative estimate of drug-likeness (QED) is 0.812. The van der Waals surface area contributed by atoms with Crippen molar-refractivity contribution in [2.24, 2.45) is 5.73 Å². The van der Waals surface area contributed by atoms with E-state index in [1.165, 1.54) is 18.2 Å². The van der Waals surface area contributed by atoms with E-state index in [9.17, 15) is 8.78 Å². The first-order chi connectivity index (χ1) is 9.40. The number of hydrogen-bond acceptors (Lipinski definition) is 4. The molecule has 0 aliphatic rings. The van der Waals surface area contributed by atoms with E-state index in [2.05, 4.69) is 16.9 Å². The van der Waals surface area contributed by atoms with E-state index in [0.717, 1.165) is 6.07 Å². The van der Waals surface area contributed by atoms with E-state index >= 15 is 0 Å². The van der Waals surface area contributed by atoms with Crippen molar-refractivity contribution in [2.75, 3.05) is 11.1 Å². The smallest absolute Gasteiger partial charge is 0.169 e. The minimum absolute atomic E-state index is 0.0103. The average molecular weight is 297 g/mol. The highest BCUT2D eigenvalue weighted by molar-refractivity contribution is 6.31. The highest BCUT2D eigenvalue weighted by Gasteiger charge is 2.13. The number of nitrogens with two attached hydrogens (primary N) is 2. The number of aromatic nitrogens is 1. The van der Waals surface area contributed by atoms with Crippen LogP contribution in [0.2, 0.25) is 5.02 Å².